The number of esters is 1. The molecule has 0 unspecified atom stereocenters. The highest BCUT2D eigenvalue weighted by molar-refractivity contribution is 5.90. The van der Waals surface area contributed by atoms with Gasteiger partial charge in [0, 0.05) is 6.08 Å². The summed E-state index contributed by atoms with van der Waals surface area (Å²) in [5.41, 5.74) is -0.00157. The topological polar surface area (TPSA) is 69.4 Å². The normalized spacial score (nSPS) is 10.9. The van der Waals surface area contributed by atoms with E-state index < -0.39 is 16.6 Å². The quantitative estimate of drug-likeness (QED) is 0.326. The van der Waals surface area contributed by atoms with Gasteiger partial charge in [-0.1, -0.05) is 30.3 Å². The van der Waals surface area contributed by atoms with E-state index in [0.717, 1.165) is 7.11 Å². The van der Waals surface area contributed by atoms with Gasteiger partial charge < -0.3 is 4.74 Å². The molecule has 0 atom stereocenters. The highest BCUT2D eigenvalue weighted by Gasteiger charge is 2.22. The first-order chi connectivity index (χ1) is 7.15. The summed E-state index contributed by atoms with van der Waals surface area (Å²) >= 11 is 0. The van der Waals surface area contributed by atoms with Crippen molar-refractivity contribution in [3.05, 3.63) is 51.7 Å². The fraction of sp³-hybridized carbons (Fsp3) is 0.100. The van der Waals surface area contributed by atoms with Gasteiger partial charge in [0.2, 0.25) is 0 Å². The van der Waals surface area contributed by atoms with E-state index in [1.165, 1.54) is 6.08 Å². The Labute approximate surface area is 86.1 Å². The summed E-state index contributed by atoms with van der Waals surface area (Å²) in [5.74, 6) is -0.955. The van der Waals surface area contributed by atoms with Gasteiger partial charge >= 0.3 is 11.7 Å². The van der Waals surface area contributed by atoms with Crippen LogP contribution in [0.4, 0.5) is 0 Å². The summed E-state index contributed by atoms with van der Waals surface area (Å²) in [5, 5.41) is 10.5. The number of ether oxygens (including phenoxy) is 1. The Hall–Kier alpha value is -2.17. The molecule has 0 aliphatic rings. The Balaban J connectivity index is 3.05. The molecule has 15 heavy (non-hydrogen) atoms. The lowest BCUT2D eigenvalue weighted by atomic mass is 10.2. The second-order valence-corrected chi connectivity index (χ2v) is 2.69. The molecule has 1 rings (SSSR count). The molecule has 0 radical (unpaired) electrons. The first-order valence-electron chi connectivity index (χ1n) is 4.14. The second-order valence-electron chi connectivity index (χ2n) is 2.69. The molecule has 5 nitrogen and oxygen atoms in total. The van der Waals surface area contributed by atoms with E-state index >= 15 is 0 Å². The SMILES string of the molecule is COC(=O)/C(=C\c1ccccc1)[N+](=O)[O-]. The van der Waals surface area contributed by atoms with E-state index in [2.05, 4.69) is 4.74 Å². The van der Waals surface area contributed by atoms with E-state index in [1.54, 1.807) is 30.3 Å². The van der Waals surface area contributed by atoms with Gasteiger partial charge in [-0.2, -0.15) is 0 Å². The Morgan fingerprint density at radius 3 is 2.47 bits per heavy atom. The lowest BCUT2D eigenvalue weighted by Crippen LogP contribution is -2.12. The van der Waals surface area contributed by atoms with Crippen LogP contribution < -0.4 is 0 Å². The van der Waals surface area contributed by atoms with Gasteiger partial charge in [0.05, 0.1) is 12.0 Å². The lowest BCUT2D eigenvalue weighted by Gasteiger charge is -1.96. The van der Waals surface area contributed by atoms with Crippen molar-refractivity contribution in [3.63, 3.8) is 0 Å². The summed E-state index contributed by atoms with van der Waals surface area (Å²) < 4.78 is 4.30. The number of hydrogen-bond acceptors (Lipinski definition) is 4. The van der Waals surface area contributed by atoms with Gasteiger partial charge in [0.15, 0.2) is 0 Å². The van der Waals surface area contributed by atoms with Crippen LogP contribution in [0.3, 0.4) is 0 Å². The van der Waals surface area contributed by atoms with Gasteiger partial charge in [0.1, 0.15) is 0 Å². The van der Waals surface area contributed by atoms with Gasteiger partial charge in [-0.25, -0.2) is 4.79 Å². The molecule has 1 aromatic rings. The molecule has 0 spiro atoms. The van der Waals surface area contributed by atoms with Crippen LogP contribution in [0.15, 0.2) is 36.0 Å². The van der Waals surface area contributed by atoms with E-state index in [-0.39, 0.29) is 0 Å². The predicted octanol–water partition coefficient (Wildman–Crippen LogP) is 1.48. The molecule has 0 saturated carbocycles. The number of methoxy groups -OCH3 is 1. The monoisotopic (exact) mass is 207 g/mol. The minimum Gasteiger partial charge on any atom is -0.461 e. The van der Waals surface area contributed by atoms with Gasteiger partial charge in [-0.15, -0.1) is 0 Å². The summed E-state index contributed by atoms with van der Waals surface area (Å²) in [6.45, 7) is 0. The third-order valence-corrected chi connectivity index (χ3v) is 1.69. The van der Waals surface area contributed by atoms with Crippen LogP contribution in [0.1, 0.15) is 5.56 Å². The molecule has 0 aromatic heterocycles. The molecule has 0 heterocycles. The predicted molar refractivity (Wildman–Crippen MR) is 53.4 cm³/mol. The fourth-order valence-electron chi connectivity index (χ4n) is 0.998. The van der Waals surface area contributed by atoms with Crippen LogP contribution in [0.5, 0.6) is 0 Å². The highest BCUT2D eigenvalue weighted by Crippen LogP contribution is 2.08. The number of nitro groups is 1. The highest BCUT2D eigenvalue weighted by atomic mass is 16.6. The zero-order valence-corrected chi connectivity index (χ0v) is 8.04. The summed E-state index contributed by atoms with van der Waals surface area (Å²) in [6, 6.07) is 8.54. The second kappa shape index (κ2) is 4.90. The van der Waals surface area contributed by atoms with Gasteiger partial charge in [-0.05, 0) is 5.56 Å². The van der Waals surface area contributed by atoms with E-state index in [0.29, 0.717) is 5.56 Å². The Morgan fingerprint density at radius 1 is 1.40 bits per heavy atom. The molecule has 0 saturated heterocycles. The molecule has 0 aliphatic heterocycles. The van der Waals surface area contributed by atoms with Crippen molar-refractivity contribution in [2.75, 3.05) is 7.11 Å². The van der Waals surface area contributed by atoms with Crippen molar-refractivity contribution in [2.45, 2.75) is 0 Å². The molecule has 5 heteroatoms. The van der Waals surface area contributed by atoms with Crippen molar-refractivity contribution < 1.29 is 14.5 Å². The number of carbonyl (C=O) groups is 1. The number of benzene rings is 1. The van der Waals surface area contributed by atoms with Crippen LogP contribution in [0.2, 0.25) is 0 Å². The number of nitrogens with zero attached hydrogens (tertiary/aromatic N) is 1. The largest absolute Gasteiger partial charge is 0.461 e. The number of rotatable bonds is 3. The first kappa shape index (κ1) is 10.9. The molecular weight excluding hydrogens is 198 g/mol. The maximum Gasteiger partial charge on any atom is 0.409 e. The smallest absolute Gasteiger partial charge is 0.409 e. The summed E-state index contributed by atoms with van der Waals surface area (Å²) in [7, 11) is 1.10. The average molecular weight is 207 g/mol. The van der Waals surface area contributed by atoms with Crippen molar-refractivity contribution in [1.82, 2.24) is 0 Å². The van der Waals surface area contributed by atoms with Gasteiger partial charge in [0.25, 0.3) is 0 Å². The Morgan fingerprint density at radius 2 is 2.00 bits per heavy atom. The first-order valence-corrected chi connectivity index (χ1v) is 4.14. The van der Waals surface area contributed by atoms with Crippen LogP contribution in [0, 0.1) is 10.1 Å². The van der Waals surface area contributed by atoms with Crippen molar-refractivity contribution >= 4 is 12.0 Å². The molecule has 1 aromatic carbocycles. The number of hydrogen-bond donors (Lipinski definition) is 0. The third-order valence-electron chi connectivity index (χ3n) is 1.69. The van der Waals surface area contributed by atoms with Crippen molar-refractivity contribution in [2.24, 2.45) is 0 Å². The average Bonchev–Trinajstić information content (AvgIpc) is 2.26. The molecule has 78 valence electrons. The molecule has 0 aliphatic carbocycles. The molecular formula is C10H9NO4. The zero-order valence-electron chi connectivity index (χ0n) is 8.04. The standard InChI is InChI=1S/C10H9NO4/c1-15-10(12)9(11(13)14)7-8-5-3-2-4-6-8/h2-7H,1H3/b9-7+. The van der Waals surface area contributed by atoms with Crippen LogP contribution >= 0.6 is 0 Å². The minimum atomic E-state index is -0.955. The van der Waals surface area contributed by atoms with E-state index in [9.17, 15) is 14.9 Å². The Bertz CT molecular complexity index is 397. The van der Waals surface area contributed by atoms with E-state index in [1.807, 2.05) is 0 Å². The summed E-state index contributed by atoms with van der Waals surface area (Å²) in [4.78, 5) is 20.8. The van der Waals surface area contributed by atoms with Crippen molar-refractivity contribution in [1.29, 1.82) is 0 Å². The zero-order chi connectivity index (χ0) is 11.3. The van der Waals surface area contributed by atoms with E-state index in [4.69, 9.17) is 0 Å². The number of carbonyl (C=O) groups excluding carboxylic acids is 1. The molecule has 0 fully saturated rings. The molecule has 0 N–H and O–H groups in total. The third kappa shape index (κ3) is 2.91. The maximum absolute atomic E-state index is 11.0. The van der Waals surface area contributed by atoms with Gasteiger partial charge in [-0.3, -0.25) is 10.1 Å². The maximum atomic E-state index is 11.0. The van der Waals surface area contributed by atoms with Crippen LogP contribution in [0.25, 0.3) is 6.08 Å². The van der Waals surface area contributed by atoms with Crippen molar-refractivity contribution in [3.8, 4) is 0 Å². The van der Waals surface area contributed by atoms with Crippen LogP contribution in [-0.2, 0) is 9.53 Å². The fourth-order valence-corrected chi connectivity index (χ4v) is 0.998. The lowest BCUT2D eigenvalue weighted by molar-refractivity contribution is -0.419. The minimum absolute atomic E-state index is 0.578. The molecule has 0 amide bonds. The summed E-state index contributed by atoms with van der Waals surface area (Å²) in [6.07, 6.45) is 1.17. The Kier molecular flexibility index (Phi) is 3.56. The molecule has 0 bridgehead atoms. The van der Waals surface area contributed by atoms with Crippen LogP contribution in [-0.4, -0.2) is 18.0 Å².